The van der Waals surface area contributed by atoms with Crippen molar-refractivity contribution in [1.82, 2.24) is 4.98 Å². The lowest BCUT2D eigenvalue weighted by atomic mass is 10.0. The van der Waals surface area contributed by atoms with Crippen LogP contribution in [0.4, 0.5) is 11.5 Å². The second-order valence-electron chi connectivity index (χ2n) is 5.50. The number of rotatable bonds is 6. The molecule has 0 saturated heterocycles. The minimum Gasteiger partial charge on any atom is -0.480 e. The van der Waals surface area contributed by atoms with Crippen molar-refractivity contribution in [2.24, 2.45) is 5.92 Å². The van der Waals surface area contributed by atoms with Crippen LogP contribution in [0.15, 0.2) is 30.3 Å². The Kier molecular flexibility index (Phi) is 4.55. The van der Waals surface area contributed by atoms with Gasteiger partial charge in [-0.05, 0) is 30.5 Å². The summed E-state index contributed by atoms with van der Waals surface area (Å²) in [5.41, 5.74) is 0.572. The van der Waals surface area contributed by atoms with Crippen LogP contribution in [0.3, 0.4) is 0 Å². The Balaban J connectivity index is 2.27. The van der Waals surface area contributed by atoms with Crippen LogP contribution in [0.5, 0.6) is 0 Å². The minimum absolute atomic E-state index is 0.00164. The lowest BCUT2D eigenvalue weighted by Gasteiger charge is -2.17. The summed E-state index contributed by atoms with van der Waals surface area (Å²) in [7, 11) is 0. The van der Waals surface area contributed by atoms with Gasteiger partial charge in [0.25, 0.3) is 5.69 Å². The summed E-state index contributed by atoms with van der Waals surface area (Å²) >= 11 is 0. The number of pyridine rings is 1. The number of hydrogen-bond donors (Lipinski definition) is 2. The third-order valence-corrected chi connectivity index (χ3v) is 3.21. The van der Waals surface area contributed by atoms with Gasteiger partial charge in [-0.2, -0.15) is 0 Å². The number of fused-ring (bicyclic) bond motifs is 1. The number of nitrogens with one attached hydrogen (secondary N) is 1. The van der Waals surface area contributed by atoms with Gasteiger partial charge in [0.05, 0.1) is 10.4 Å². The van der Waals surface area contributed by atoms with E-state index in [1.807, 2.05) is 13.8 Å². The zero-order chi connectivity index (χ0) is 16.3. The molecule has 0 saturated carbocycles. The second-order valence-corrected chi connectivity index (χ2v) is 5.50. The Labute approximate surface area is 127 Å². The molecule has 0 fully saturated rings. The van der Waals surface area contributed by atoms with Gasteiger partial charge in [-0.1, -0.05) is 13.8 Å². The summed E-state index contributed by atoms with van der Waals surface area (Å²) < 4.78 is 0. The normalized spacial score (nSPS) is 12.3. The van der Waals surface area contributed by atoms with Crippen molar-refractivity contribution in [3.8, 4) is 0 Å². The topological polar surface area (TPSA) is 105 Å². The van der Waals surface area contributed by atoms with Crippen LogP contribution >= 0.6 is 0 Å². The number of benzene rings is 1. The minimum atomic E-state index is -0.931. The number of aromatic nitrogens is 1. The van der Waals surface area contributed by atoms with E-state index in [1.54, 1.807) is 18.2 Å². The van der Waals surface area contributed by atoms with E-state index in [0.717, 1.165) is 0 Å². The van der Waals surface area contributed by atoms with Crippen molar-refractivity contribution in [3.05, 3.63) is 40.4 Å². The summed E-state index contributed by atoms with van der Waals surface area (Å²) in [4.78, 5) is 25.8. The van der Waals surface area contributed by atoms with E-state index in [9.17, 15) is 20.0 Å². The van der Waals surface area contributed by atoms with Crippen molar-refractivity contribution >= 4 is 28.4 Å². The molecular formula is C15H17N3O4. The molecule has 1 aromatic carbocycles. The first kappa shape index (κ1) is 15.7. The fourth-order valence-corrected chi connectivity index (χ4v) is 2.18. The molecule has 116 valence electrons. The van der Waals surface area contributed by atoms with Gasteiger partial charge >= 0.3 is 5.97 Å². The zero-order valence-electron chi connectivity index (χ0n) is 12.3. The lowest BCUT2D eigenvalue weighted by Crippen LogP contribution is -2.31. The SMILES string of the molecule is CC(C)C[C@@H](Nc1ccc2cc([N+](=O)[O-])ccc2n1)C(=O)O. The van der Waals surface area contributed by atoms with Crippen LogP contribution in [0.25, 0.3) is 10.9 Å². The second kappa shape index (κ2) is 6.38. The highest BCUT2D eigenvalue weighted by molar-refractivity contribution is 5.83. The fourth-order valence-electron chi connectivity index (χ4n) is 2.18. The molecular weight excluding hydrogens is 286 g/mol. The highest BCUT2D eigenvalue weighted by atomic mass is 16.6. The van der Waals surface area contributed by atoms with E-state index in [-0.39, 0.29) is 11.6 Å². The summed E-state index contributed by atoms with van der Waals surface area (Å²) in [6, 6.07) is 6.96. The van der Waals surface area contributed by atoms with Gasteiger partial charge in [0.1, 0.15) is 11.9 Å². The molecule has 2 rings (SSSR count). The van der Waals surface area contributed by atoms with Gasteiger partial charge in [-0.25, -0.2) is 9.78 Å². The molecule has 0 unspecified atom stereocenters. The van der Waals surface area contributed by atoms with Crippen LogP contribution < -0.4 is 5.32 Å². The van der Waals surface area contributed by atoms with Gasteiger partial charge in [0.2, 0.25) is 0 Å². The highest BCUT2D eigenvalue weighted by Crippen LogP contribution is 2.22. The van der Waals surface area contributed by atoms with E-state index in [4.69, 9.17) is 0 Å². The monoisotopic (exact) mass is 303 g/mol. The van der Waals surface area contributed by atoms with Crippen molar-refractivity contribution in [2.45, 2.75) is 26.3 Å². The maximum absolute atomic E-state index is 11.3. The van der Waals surface area contributed by atoms with E-state index < -0.39 is 16.9 Å². The number of anilines is 1. The van der Waals surface area contributed by atoms with Gasteiger partial charge in [0, 0.05) is 17.5 Å². The number of non-ortho nitro benzene ring substituents is 1. The number of nitro groups is 1. The maximum Gasteiger partial charge on any atom is 0.326 e. The van der Waals surface area contributed by atoms with Crippen molar-refractivity contribution in [1.29, 1.82) is 0 Å². The van der Waals surface area contributed by atoms with Crippen LogP contribution in [-0.2, 0) is 4.79 Å². The lowest BCUT2D eigenvalue weighted by molar-refractivity contribution is -0.384. The van der Waals surface area contributed by atoms with E-state index in [0.29, 0.717) is 23.1 Å². The van der Waals surface area contributed by atoms with Gasteiger partial charge < -0.3 is 10.4 Å². The Morgan fingerprint density at radius 1 is 1.36 bits per heavy atom. The molecule has 0 radical (unpaired) electrons. The number of carboxylic acid groups (broad SMARTS) is 1. The van der Waals surface area contributed by atoms with Crippen molar-refractivity contribution < 1.29 is 14.8 Å². The van der Waals surface area contributed by atoms with Crippen molar-refractivity contribution in [3.63, 3.8) is 0 Å². The molecule has 0 amide bonds. The Morgan fingerprint density at radius 2 is 2.09 bits per heavy atom. The fraction of sp³-hybridized carbons (Fsp3) is 0.333. The van der Waals surface area contributed by atoms with E-state index in [1.165, 1.54) is 12.1 Å². The Bertz CT molecular complexity index is 715. The summed E-state index contributed by atoms with van der Waals surface area (Å²) in [5, 5.41) is 23.5. The predicted molar refractivity (Wildman–Crippen MR) is 82.9 cm³/mol. The molecule has 0 aliphatic carbocycles. The predicted octanol–water partition coefficient (Wildman–Crippen LogP) is 3.05. The quantitative estimate of drug-likeness (QED) is 0.627. The molecule has 0 aliphatic rings. The van der Waals surface area contributed by atoms with E-state index in [2.05, 4.69) is 10.3 Å². The van der Waals surface area contributed by atoms with Crippen LogP contribution in [-0.4, -0.2) is 27.0 Å². The standard InChI is InChI=1S/C15H17N3O4/c1-9(2)7-13(15(19)20)17-14-6-3-10-8-11(18(21)22)4-5-12(10)16-14/h3-6,8-9,13H,7H2,1-2H3,(H,16,17)(H,19,20)/t13-/m1/s1. The first-order valence-electron chi connectivity index (χ1n) is 6.91. The molecule has 0 spiro atoms. The molecule has 22 heavy (non-hydrogen) atoms. The number of nitrogens with zero attached hydrogens (tertiary/aromatic N) is 2. The molecule has 1 atom stereocenters. The first-order chi connectivity index (χ1) is 10.4. The molecule has 0 bridgehead atoms. The highest BCUT2D eigenvalue weighted by Gasteiger charge is 2.19. The third kappa shape index (κ3) is 3.69. The molecule has 7 nitrogen and oxygen atoms in total. The summed E-state index contributed by atoms with van der Waals surface area (Å²) in [6.45, 7) is 3.90. The smallest absolute Gasteiger partial charge is 0.326 e. The average Bonchev–Trinajstić information content (AvgIpc) is 2.45. The molecule has 0 aliphatic heterocycles. The number of aliphatic carboxylic acids is 1. The third-order valence-electron chi connectivity index (χ3n) is 3.21. The van der Waals surface area contributed by atoms with Crippen LogP contribution in [0.1, 0.15) is 20.3 Å². The Hall–Kier alpha value is -2.70. The van der Waals surface area contributed by atoms with Crippen LogP contribution in [0.2, 0.25) is 0 Å². The Morgan fingerprint density at radius 3 is 2.68 bits per heavy atom. The maximum atomic E-state index is 11.3. The van der Waals surface area contributed by atoms with Gasteiger partial charge in [-0.15, -0.1) is 0 Å². The number of nitro benzene ring substituents is 1. The van der Waals surface area contributed by atoms with Gasteiger partial charge in [0.15, 0.2) is 0 Å². The zero-order valence-corrected chi connectivity index (χ0v) is 12.3. The molecule has 1 aromatic heterocycles. The van der Waals surface area contributed by atoms with Gasteiger partial charge in [-0.3, -0.25) is 10.1 Å². The van der Waals surface area contributed by atoms with Crippen molar-refractivity contribution in [2.75, 3.05) is 5.32 Å². The number of carbonyl (C=O) groups is 1. The summed E-state index contributed by atoms with van der Waals surface area (Å²) in [6.07, 6.45) is 0.481. The number of carboxylic acids is 1. The number of hydrogen-bond acceptors (Lipinski definition) is 5. The average molecular weight is 303 g/mol. The molecule has 7 heteroatoms. The molecule has 2 N–H and O–H groups in total. The van der Waals surface area contributed by atoms with Crippen LogP contribution in [0, 0.1) is 16.0 Å². The summed E-state index contributed by atoms with van der Waals surface area (Å²) in [5.74, 6) is -0.259. The van der Waals surface area contributed by atoms with E-state index >= 15 is 0 Å². The molecule has 1 heterocycles. The molecule has 2 aromatic rings. The largest absolute Gasteiger partial charge is 0.480 e. The first-order valence-corrected chi connectivity index (χ1v) is 6.91.